The SMILES string of the molecule is CCOC1CC(NC(CC)CSC)C12CCC2. The fourth-order valence-electron chi connectivity index (χ4n) is 3.44. The van der Waals surface area contributed by atoms with Crippen LogP contribution in [0.2, 0.25) is 0 Å². The Hall–Kier alpha value is 0.270. The van der Waals surface area contributed by atoms with Gasteiger partial charge in [-0.25, -0.2) is 0 Å². The summed E-state index contributed by atoms with van der Waals surface area (Å²) in [6, 6.07) is 1.42. The van der Waals surface area contributed by atoms with Crippen molar-refractivity contribution in [2.24, 2.45) is 5.41 Å². The Kier molecular flexibility index (Phi) is 4.79. The lowest BCUT2D eigenvalue weighted by Gasteiger charge is -2.61. The van der Waals surface area contributed by atoms with Gasteiger partial charge in [-0.15, -0.1) is 0 Å². The number of hydrogen-bond donors (Lipinski definition) is 1. The molecule has 0 aromatic rings. The average Bonchev–Trinajstić information content (AvgIpc) is 2.24. The summed E-state index contributed by atoms with van der Waals surface area (Å²) in [6.07, 6.45) is 9.39. The molecule has 2 aliphatic rings. The highest BCUT2D eigenvalue weighted by Gasteiger charge is 2.58. The molecule has 2 fully saturated rings. The van der Waals surface area contributed by atoms with Crippen molar-refractivity contribution in [3.63, 3.8) is 0 Å². The lowest BCUT2D eigenvalue weighted by molar-refractivity contribution is -0.174. The molecule has 0 radical (unpaired) electrons. The first-order chi connectivity index (χ1) is 8.26. The van der Waals surface area contributed by atoms with Crippen molar-refractivity contribution in [3.05, 3.63) is 0 Å². The normalized spacial score (nSPS) is 31.9. The fraction of sp³-hybridized carbons (Fsp3) is 1.00. The van der Waals surface area contributed by atoms with E-state index in [0.717, 1.165) is 12.6 Å². The molecule has 17 heavy (non-hydrogen) atoms. The van der Waals surface area contributed by atoms with E-state index in [0.29, 0.717) is 17.6 Å². The molecule has 3 unspecified atom stereocenters. The van der Waals surface area contributed by atoms with Crippen LogP contribution in [0.3, 0.4) is 0 Å². The molecular weight excluding hydrogens is 230 g/mol. The molecule has 0 bridgehead atoms. The van der Waals surface area contributed by atoms with Crippen molar-refractivity contribution in [1.82, 2.24) is 5.32 Å². The summed E-state index contributed by atoms with van der Waals surface area (Å²) in [5, 5.41) is 3.88. The Labute approximate surface area is 110 Å². The van der Waals surface area contributed by atoms with E-state index >= 15 is 0 Å². The van der Waals surface area contributed by atoms with Crippen LogP contribution in [0.1, 0.15) is 46.0 Å². The maximum absolute atomic E-state index is 5.90. The van der Waals surface area contributed by atoms with Gasteiger partial charge in [-0.3, -0.25) is 0 Å². The van der Waals surface area contributed by atoms with Crippen LogP contribution in [-0.2, 0) is 4.74 Å². The van der Waals surface area contributed by atoms with Crippen molar-refractivity contribution >= 4 is 11.8 Å². The monoisotopic (exact) mass is 257 g/mol. The zero-order valence-electron chi connectivity index (χ0n) is 11.5. The predicted molar refractivity (Wildman–Crippen MR) is 75.7 cm³/mol. The first kappa shape index (κ1) is 13.7. The Balaban J connectivity index is 1.86. The minimum Gasteiger partial charge on any atom is -0.378 e. The van der Waals surface area contributed by atoms with E-state index in [1.54, 1.807) is 0 Å². The van der Waals surface area contributed by atoms with Crippen molar-refractivity contribution in [2.75, 3.05) is 18.6 Å². The number of ether oxygens (including phenoxy) is 1. The summed E-state index contributed by atoms with van der Waals surface area (Å²) in [5.74, 6) is 1.24. The van der Waals surface area contributed by atoms with E-state index in [2.05, 4.69) is 25.4 Å². The van der Waals surface area contributed by atoms with Gasteiger partial charge in [-0.05, 0) is 38.9 Å². The summed E-state index contributed by atoms with van der Waals surface area (Å²) in [5.41, 5.74) is 0.516. The van der Waals surface area contributed by atoms with Crippen LogP contribution in [0, 0.1) is 5.41 Å². The van der Waals surface area contributed by atoms with Gasteiger partial charge in [0, 0.05) is 29.9 Å². The molecule has 0 heterocycles. The van der Waals surface area contributed by atoms with Gasteiger partial charge < -0.3 is 10.1 Å². The van der Waals surface area contributed by atoms with E-state index in [1.807, 2.05) is 11.8 Å². The molecular formula is C14H27NOS. The molecule has 0 aromatic carbocycles. The number of rotatable bonds is 7. The summed E-state index contributed by atoms with van der Waals surface area (Å²) < 4.78 is 5.90. The minimum absolute atomic E-state index is 0.516. The third kappa shape index (κ3) is 2.52. The first-order valence-corrected chi connectivity index (χ1v) is 8.52. The largest absolute Gasteiger partial charge is 0.378 e. The third-order valence-corrected chi connectivity index (χ3v) is 5.47. The smallest absolute Gasteiger partial charge is 0.0661 e. The topological polar surface area (TPSA) is 21.3 Å². The van der Waals surface area contributed by atoms with Gasteiger partial charge in [-0.1, -0.05) is 13.3 Å². The van der Waals surface area contributed by atoms with Gasteiger partial charge in [0.05, 0.1) is 6.10 Å². The highest BCUT2D eigenvalue weighted by Crippen LogP contribution is 2.57. The molecule has 2 nitrogen and oxygen atoms in total. The van der Waals surface area contributed by atoms with E-state index in [1.165, 1.54) is 37.9 Å². The average molecular weight is 257 g/mol. The maximum atomic E-state index is 5.90. The zero-order chi connectivity index (χ0) is 12.3. The Morgan fingerprint density at radius 1 is 1.41 bits per heavy atom. The van der Waals surface area contributed by atoms with Gasteiger partial charge in [0.1, 0.15) is 0 Å². The van der Waals surface area contributed by atoms with Crippen LogP contribution in [0.15, 0.2) is 0 Å². The summed E-state index contributed by atoms with van der Waals surface area (Å²) in [7, 11) is 0. The summed E-state index contributed by atoms with van der Waals surface area (Å²) >= 11 is 1.95. The van der Waals surface area contributed by atoms with Crippen molar-refractivity contribution < 1.29 is 4.74 Å². The predicted octanol–water partition coefficient (Wildman–Crippen LogP) is 3.07. The van der Waals surface area contributed by atoms with Gasteiger partial charge in [0.15, 0.2) is 0 Å². The van der Waals surface area contributed by atoms with Crippen LogP contribution in [0.5, 0.6) is 0 Å². The molecule has 2 rings (SSSR count). The molecule has 2 saturated carbocycles. The van der Waals surface area contributed by atoms with Gasteiger partial charge in [0.2, 0.25) is 0 Å². The zero-order valence-corrected chi connectivity index (χ0v) is 12.3. The third-order valence-electron chi connectivity index (χ3n) is 4.73. The van der Waals surface area contributed by atoms with Crippen LogP contribution >= 0.6 is 11.8 Å². The second kappa shape index (κ2) is 5.94. The quantitative estimate of drug-likeness (QED) is 0.757. The molecule has 2 aliphatic carbocycles. The number of hydrogen-bond acceptors (Lipinski definition) is 3. The number of nitrogens with one attached hydrogen (secondary N) is 1. The molecule has 100 valence electrons. The molecule has 0 aromatic heterocycles. The van der Waals surface area contributed by atoms with E-state index in [4.69, 9.17) is 4.74 Å². The highest BCUT2D eigenvalue weighted by molar-refractivity contribution is 7.98. The minimum atomic E-state index is 0.516. The van der Waals surface area contributed by atoms with Crippen molar-refractivity contribution in [1.29, 1.82) is 0 Å². The van der Waals surface area contributed by atoms with Gasteiger partial charge in [-0.2, -0.15) is 11.8 Å². The van der Waals surface area contributed by atoms with E-state index < -0.39 is 0 Å². The fourth-order valence-corrected chi connectivity index (χ4v) is 4.18. The van der Waals surface area contributed by atoms with Crippen LogP contribution in [0.25, 0.3) is 0 Å². The van der Waals surface area contributed by atoms with E-state index in [-0.39, 0.29) is 0 Å². The maximum Gasteiger partial charge on any atom is 0.0661 e. The molecule has 1 spiro atoms. The second-order valence-electron chi connectivity index (χ2n) is 5.55. The molecule has 3 heteroatoms. The van der Waals surface area contributed by atoms with E-state index in [9.17, 15) is 0 Å². The Morgan fingerprint density at radius 2 is 2.18 bits per heavy atom. The lowest BCUT2D eigenvalue weighted by atomic mass is 9.51. The standard InChI is InChI=1S/C14H27NOS/c1-4-11(10-17-3)15-12-9-13(16-5-2)14(12)7-6-8-14/h11-13,15H,4-10H2,1-3H3. The summed E-state index contributed by atoms with van der Waals surface area (Å²) in [4.78, 5) is 0. The second-order valence-corrected chi connectivity index (χ2v) is 6.46. The van der Waals surface area contributed by atoms with Gasteiger partial charge in [0.25, 0.3) is 0 Å². The van der Waals surface area contributed by atoms with Gasteiger partial charge >= 0.3 is 0 Å². The number of thioether (sulfide) groups is 1. The van der Waals surface area contributed by atoms with Crippen molar-refractivity contribution in [3.8, 4) is 0 Å². The van der Waals surface area contributed by atoms with Crippen LogP contribution in [-0.4, -0.2) is 36.8 Å². The first-order valence-electron chi connectivity index (χ1n) is 7.13. The lowest BCUT2D eigenvalue weighted by Crippen LogP contribution is -2.68. The van der Waals surface area contributed by atoms with Crippen LogP contribution in [0.4, 0.5) is 0 Å². The summed E-state index contributed by atoms with van der Waals surface area (Å²) in [6.45, 7) is 5.29. The molecule has 0 saturated heterocycles. The van der Waals surface area contributed by atoms with Crippen LogP contribution < -0.4 is 5.32 Å². The highest BCUT2D eigenvalue weighted by atomic mass is 32.2. The molecule has 1 N–H and O–H groups in total. The Morgan fingerprint density at radius 3 is 2.65 bits per heavy atom. The molecule has 0 aliphatic heterocycles. The Bertz CT molecular complexity index is 242. The van der Waals surface area contributed by atoms with Crippen molar-refractivity contribution in [2.45, 2.75) is 64.1 Å². The molecule has 3 atom stereocenters. The molecule has 0 amide bonds.